The fourth-order valence-corrected chi connectivity index (χ4v) is 2.34. The summed E-state index contributed by atoms with van der Waals surface area (Å²) in [5.74, 6) is 0.961. The molecule has 1 rings (SSSR count). The second-order valence-corrected chi connectivity index (χ2v) is 4.76. The predicted octanol–water partition coefficient (Wildman–Crippen LogP) is 3.30. The Labute approximate surface area is 83.5 Å². The summed E-state index contributed by atoms with van der Waals surface area (Å²) in [6, 6.07) is 0.885. The molecule has 1 fully saturated rings. The lowest BCUT2D eigenvalue weighted by molar-refractivity contribution is 0.139. The fraction of sp³-hybridized carbons (Fsp3) is 1.00. The average molecular weight is 183 g/mol. The van der Waals surface area contributed by atoms with E-state index < -0.39 is 0 Å². The van der Waals surface area contributed by atoms with Crippen LogP contribution < -0.4 is 0 Å². The van der Waals surface area contributed by atoms with Gasteiger partial charge in [0.1, 0.15) is 0 Å². The number of nitrogens with zero attached hydrogens (tertiary/aromatic N) is 1. The third-order valence-electron chi connectivity index (χ3n) is 3.41. The van der Waals surface area contributed by atoms with Gasteiger partial charge >= 0.3 is 0 Å². The highest BCUT2D eigenvalue weighted by Gasteiger charge is 2.22. The molecule has 0 bridgehead atoms. The van der Waals surface area contributed by atoms with E-state index in [4.69, 9.17) is 0 Å². The summed E-state index contributed by atoms with van der Waals surface area (Å²) in [6.07, 6.45) is 8.46. The molecule has 0 aromatic heterocycles. The lowest BCUT2D eigenvalue weighted by Gasteiger charge is -2.36. The molecular formula is C12H25N. The average Bonchev–Trinajstić information content (AvgIpc) is 2.11. The first kappa shape index (κ1) is 11.0. The molecule has 1 saturated heterocycles. The van der Waals surface area contributed by atoms with Crippen LogP contribution in [0, 0.1) is 5.92 Å². The summed E-state index contributed by atoms with van der Waals surface area (Å²) in [5.41, 5.74) is 0. The van der Waals surface area contributed by atoms with Crippen LogP contribution in [0.25, 0.3) is 0 Å². The molecule has 0 aromatic carbocycles. The number of hydrogen-bond acceptors (Lipinski definition) is 1. The Hall–Kier alpha value is -0.0400. The number of hydrogen-bond donors (Lipinski definition) is 0. The summed E-state index contributed by atoms with van der Waals surface area (Å²) in [7, 11) is 2.29. The van der Waals surface area contributed by atoms with Crippen LogP contribution in [0.4, 0.5) is 0 Å². The highest BCUT2D eigenvalue weighted by atomic mass is 15.1. The van der Waals surface area contributed by atoms with Crippen molar-refractivity contribution in [3.63, 3.8) is 0 Å². The molecule has 0 radical (unpaired) electrons. The van der Waals surface area contributed by atoms with Crippen molar-refractivity contribution in [1.82, 2.24) is 4.90 Å². The smallest absolute Gasteiger partial charge is 0.00947 e. The van der Waals surface area contributed by atoms with Gasteiger partial charge < -0.3 is 4.90 Å². The van der Waals surface area contributed by atoms with E-state index in [0.29, 0.717) is 0 Å². The Kier molecular flexibility index (Phi) is 4.79. The standard InChI is InChI=1S/C12H25N/c1-4-5-6-7-12-10-11(2)8-9-13(12)3/h11-12H,4-10H2,1-3H3. The first-order valence-electron chi connectivity index (χ1n) is 5.94. The van der Waals surface area contributed by atoms with Crippen LogP contribution in [-0.2, 0) is 0 Å². The molecule has 0 aromatic rings. The molecule has 1 heteroatoms. The van der Waals surface area contributed by atoms with Crippen molar-refractivity contribution in [2.45, 2.75) is 58.4 Å². The normalized spacial score (nSPS) is 30.7. The Morgan fingerprint density at radius 2 is 2.08 bits per heavy atom. The van der Waals surface area contributed by atoms with Gasteiger partial charge in [0, 0.05) is 6.04 Å². The molecule has 1 aliphatic heterocycles. The van der Waals surface area contributed by atoms with Gasteiger partial charge in [0.15, 0.2) is 0 Å². The fourth-order valence-electron chi connectivity index (χ4n) is 2.34. The monoisotopic (exact) mass is 183 g/mol. The van der Waals surface area contributed by atoms with Gasteiger partial charge in [-0.1, -0.05) is 33.1 Å². The number of likely N-dealkylation sites (tertiary alicyclic amines) is 1. The minimum atomic E-state index is 0.885. The van der Waals surface area contributed by atoms with Crippen molar-refractivity contribution >= 4 is 0 Å². The number of piperidine rings is 1. The molecule has 0 N–H and O–H groups in total. The predicted molar refractivity (Wildman–Crippen MR) is 59.0 cm³/mol. The van der Waals surface area contributed by atoms with Gasteiger partial charge in [-0.05, 0) is 38.8 Å². The van der Waals surface area contributed by atoms with E-state index in [-0.39, 0.29) is 0 Å². The largest absolute Gasteiger partial charge is 0.303 e. The number of rotatable bonds is 4. The van der Waals surface area contributed by atoms with E-state index in [1.807, 2.05) is 0 Å². The Morgan fingerprint density at radius 3 is 2.77 bits per heavy atom. The molecular weight excluding hydrogens is 158 g/mol. The minimum Gasteiger partial charge on any atom is -0.303 e. The van der Waals surface area contributed by atoms with Gasteiger partial charge in [-0.3, -0.25) is 0 Å². The molecule has 13 heavy (non-hydrogen) atoms. The van der Waals surface area contributed by atoms with Crippen molar-refractivity contribution in [3.8, 4) is 0 Å². The van der Waals surface area contributed by atoms with E-state index in [1.165, 1.54) is 45.1 Å². The van der Waals surface area contributed by atoms with Crippen molar-refractivity contribution in [3.05, 3.63) is 0 Å². The minimum absolute atomic E-state index is 0.885. The van der Waals surface area contributed by atoms with E-state index in [2.05, 4.69) is 25.8 Å². The lowest BCUT2D eigenvalue weighted by Crippen LogP contribution is -2.39. The van der Waals surface area contributed by atoms with Crippen molar-refractivity contribution in [1.29, 1.82) is 0 Å². The van der Waals surface area contributed by atoms with Gasteiger partial charge in [-0.2, -0.15) is 0 Å². The van der Waals surface area contributed by atoms with Gasteiger partial charge in [0.05, 0.1) is 0 Å². The van der Waals surface area contributed by atoms with E-state index >= 15 is 0 Å². The van der Waals surface area contributed by atoms with Crippen molar-refractivity contribution < 1.29 is 0 Å². The first-order valence-corrected chi connectivity index (χ1v) is 5.94. The molecule has 0 spiro atoms. The zero-order chi connectivity index (χ0) is 9.68. The first-order chi connectivity index (χ1) is 6.24. The van der Waals surface area contributed by atoms with Crippen molar-refractivity contribution in [2.75, 3.05) is 13.6 Å². The third-order valence-corrected chi connectivity index (χ3v) is 3.41. The van der Waals surface area contributed by atoms with Crippen molar-refractivity contribution in [2.24, 2.45) is 5.92 Å². The maximum Gasteiger partial charge on any atom is 0.00947 e. The molecule has 1 nitrogen and oxygen atoms in total. The van der Waals surface area contributed by atoms with Gasteiger partial charge in [-0.15, -0.1) is 0 Å². The van der Waals surface area contributed by atoms with E-state index in [0.717, 1.165) is 12.0 Å². The van der Waals surface area contributed by atoms with Crippen LogP contribution in [0.5, 0.6) is 0 Å². The van der Waals surface area contributed by atoms with Gasteiger partial charge in [0.25, 0.3) is 0 Å². The Bertz CT molecular complexity index is 133. The molecule has 1 aliphatic rings. The summed E-state index contributed by atoms with van der Waals surface area (Å²) in [5, 5.41) is 0. The van der Waals surface area contributed by atoms with E-state index in [1.54, 1.807) is 0 Å². The summed E-state index contributed by atoms with van der Waals surface area (Å²) < 4.78 is 0. The molecule has 2 unspecified atom stereocenters. The highest BCUT2D eigenvalue weighted by molar-refractivity contribution is 4.77. The van der Waals surface area contributed by atoms with E-state index in [9.17, 15) is 0 Å². The van der Waals surface area contributed by atoms with Crippen LogP contribution in [-0.4, -0.2) is 24.5 Å². The van der Waals surface area contributed by atoms with Crippen LogP contribution in [0.1, 0.15) is 52.4 Å². The topological polar surface area (TPSA) is 3.24 Å². The SMILES string of the molecule is CCCCCC1CC(C)CCN1C. The molecule has 1 heterocycles. The molecule has 78 valence electrons. The molecule has 0 saturated carbocycles. The molecule has 0 amide bonds. The Balaban J connectivity index is 2.21. The Morgan fingerprint density at radius 1 is 1.31 bits per heavy atom. The zero-order valence-corrected chi connectivity index (χ0v) is 9.55. The molecule has 0 aliphatic carbocycles. The molecule has 2 atom stereocenters. The maximum atomic E-state index is 2.57. The van der Waals surface area contributed by atoms with Gasteiger partial charge in [0.2, 0.25) is 0 Å². The maximum absolute atomic E-state index is 2.57. The second-order valence-electron chi connectivity index (χ2n) is 4.76. The highest BCUT2D eigenvalue weighted by Crippen LogP contribution is 2.24. The van der Waals surface area contributed by atoms with Crippen LogP contribution in [0.3, 0.4) is 0 Å². The summed E-state index contributed by atoms with van der Waals surface area (Å²) in [6.45, 7) is 6.00. The number of unbranched alkanes of at least 4 members (excludes halogenated alkanes) is 2. The lowest BCUT2D eigenvalue weighted by atomic mass is 9.90. The van der Waals surface area contributed by atoms with Crippen LogP contribution >= 0.6 is 0 Å². The van der Waals surface area contributed by atoms with Crippen LogP contribution in [0.15, 0.2) is 0 Å². The van der Waals surface area contributed by atoms with Crippen LogP contribution in [0.2, 0.25) is 0 Å². The zero-order valence-electron chi connectivity index (χ0n) is 9.55. The summed E-state index contributed by atoms with van der Waals surface area (Å²) >= 11 is 0. The third kappa shape index (κ3) is 3.68. The van der Waals surface area contributed by atoms with Gasteiger partial charge in [-0.25, -0.2) is 0 Å². The summed E-state index contributed by atoms with van der Waals surface area (Å²) in [4.78, 5) is 2.57. The quantitative estimate of drug-likeness (QED) is 0.604. The second kappa shape index (κ2) is 5.64.